The van der Waals surface area contributed by atoms with Crippen molar-refractivity contribution in [2.45, 2.75) is 13.2 Å². The van der Waals surface area contributed by atoms with E-state index >= 15 is 0 Å². The second kappa shape index (κ2) is 5.45. The maximum absolute atomic E-state index is 5.97. The zero-order valence-corrected chi connectivity index (χ0v) is 10.5. The normalized spacial score (nSPS) is 10.5. The zero-order valence-electron chi connectivity index (χ0n) is 8.95. The molecule has 0 amide bonds. The lowest BCUT2D eigenvalue weighted by molar-refractivity contribution is 0.270. The van der Waals surface area contributed by atoms with Crippen molar-refractivity contribution < 1.29 is 9.15 Å². The Balaban J connectivity index is 2.02. The number of rotatable bonds is 4. The van der Waals surface area contributed by atoms with Gasteiger partial charge in [-0.1, -0.05) is 23.2 Å². The minimum absolute atomic E-state index is 0.307. The number of furan rings is 1. The minimum Gasteiger partial charge on any atom is -0.484 e. The van der Waals surface area contributed by atoms with E-state index in [0.717, 1.165) is 5.56 Å². The maximum atomic E-state index is 5.97. The van der Waals surface area contributed by atoms with Gasteiger partial charge in [0.25, 0.3) is 0 Å². The molecule has 1 heterocycles. The monoisotopic (exact) mass is 271 g/mol. The van der Waals surface area contributed by atoms with Crippen molar-refractivity contribution in [1.82, 2.24) is 0 Å². The number of ether oxygens (including phenoxy) is 1. The van der Waals surface area contributed by atoms with Crippen molar-refractivity contribution in [2.24, 2.45) is 5.73 Å². The van der Waals surface area contributed by atoms with Crippen LogP contribution in [0.25, 0.3) is 0 Å². The first-order valence-corrected chi connectivity index (χ1v) is 5.79. The highest BCUT2D eigenvalue weighted by molar-refractivity contribution is 6.35. The molecule has 1 aromatic carbocycles. The molecule has 0 bridgehead atoms. The summed E-state index contributed by atoms with van der Waals surface area (Å²) in [4.78, 5) is 0. The van der Waals surface area contributed by atoms with Gasteiger partial charge in [0.05, 0.1) is 11.3 Å². The van der Waals surface area contributed by atoms with Crippen LogP contribution in [0.2, 0.25) is 10.0 Å². The highest BCUT2D eigenvalue weighted by Gasteiger charge is 2.05. The Bertz CT molecular complexity index is 511. The van der Waals surface area contributed by atoms with Gasteiger partial charge in [0.1, 0.15) is 18.1 Å². The van der Waals surface area contributed by atoms with Crippen molar-refractivity contribution in [3.8, 4) is 5.75 Å². The summed E-state index contributed by atoms with van der Waals surface area (Å²) in [6.07, 6.45) is 1.61. The molecule has 2 rings (SSSR count). The lowest BCUT2D eigenvalue weighted by Crippen LogP contribution is -1.95. The van der Waals surface area contributed by atoms with E-state index in [-0.39, 0.29) is 0 Å². The van der Waals surface area contributed by atoms with E-state index in [0.29, 0.717) is 34.7 Å². The lowest BCUT2D eigenvalue weighted by Gasteiger charge is -2.06. The fourth-order valence-corrected chi connectivity index (χ4v) is 1.81. The van der Waals surface area contributed by atoms with E-state index in [2.05, 4.69) is 0 Å². The van der Waals surface area contributed by atoms with Crippen LogP contribution in [-0.4, -0.2) is 0 Å². The van der Waals surface area contributed by atoms with Crippen molar-refractivity contribution in [2.75, 3.05) is 0 Å². The molecule has 0 aliphatic rings. The molecule has 1 aromatic heterocycles. The highest BCUT2D eigenvalue weighted by Crippen LogP contribution is 2.28. The van der Waals surface area contributed by atoms with E-state index in [4.69, 9.17) is 38.1 Å². The summed E-state index contributed by atoms with van der Waals surface area (Å²) in [6.45, 7) is 0.757. The smallest absolute Gasteiger partial charge is 0.146 e. The Hall–Kier alpha value is -1.16. The second-order valence-corrected chi connectivity index (χ2v) is 4.33. The van der Waals surface area contributed by atoms with Crippen molar-refractivity contribution in [1.29, 1.82) is 0 Å². The first-order chi connectivity index (χ1) is 8.19. The number of hydrogen-bond acceptors (Lipinski definition) is 3. The average molecular weight is 272 g/mol. The molecular formula is C12H11Cl2NO2. The molecule has 2 aromatic rings. The van der Waals surface area contributed by atoms with Crippen LogP contribution in [0.1, 0.15) is 11.3 Å². The van der Waals surface area contributed by atoms with Gasteiger partial charge in [-0.2, -0.15) is 0 Å². The summed E-state index contributed by atoms with van der Waals surface area (Å²) in [6, 6.07) is 6.92. The van der Waals surface area contributed by atoms with Gasteiger partial charge in [-0.25, -0.2) is 0 Å². The van der Waals surface area contributed by atoms with Gasteiger partial charge in [0, 0.05) is 17.1 Å². The molecule has 90 valence electrons. The summed E-state index contributed by atoms with van der Waals surface area (Å²) in [5.41, 5.74) is 6.41. The zero-order chi connectivity index (χ0) is 12.3. The van der Waals surface area contributed by atoms with Crippen LogP contribution in [-0.2, 0) is 13.2 Å². The van der Waals surface area contributed by atoms with Gasteiger partial charge < -0.3 is 14.9 Å². The molecular weight excluding hydrogens is 261 g/mol. The second-order valence-electron chi connectivity index (χ2n) is 3.49. The van der Waals surface area contributed by atoms with Crippen molar-refractivity contribution in [3.63, 3.8) is 0 Å². The van der Waals surface area contributed by atoms with E-state index in [1.54, 1.807) is 24.5 Å². The molecule has 0 spiro atoms. The number of hydrogen-bond donors (Lipinski definition) is 1. The maximum Gasteiger partial charge on any atom is 0.146 e. The molecule has 0 atom stereocenters. The molecule has 17 heavy (non-hydrogen) atoms. The number of halogens is 2. The van der Waals surface area contributed by atoms with Crippen LogP contribution < -0.4 is 10.5 Å². The first-order valence-electron chi connectivity index (χ1n) is 5.03. The first kappa shape index (κ1) is 12.3. The molecule has 0 fully saturated rings. The van der Waals surface area contributed by atoms with E-state index < -0.39 is 0 Å². The van der Waals surface area contributed by atoms with Crippen LogP contribution in [0.5, 0.6) is 5.75 Å². The summed E-state index contributed by atoms with van der Waals surface area (Å²) < 4.78 is 10.8. The Morgan fingerprint density at radius 3 is 2.71 bits per heavy atom. The quantitative estimate of drug-likeness (QED) is 0.924. The summed E-state index contributed by atoms with van der Waals surface area (Å²) in [5, 5.41) is 1.05. The SMILES string of the molecule is NCc1coc(COc2ccc(Cl)cc2Cl)c1. The highest BCUT2D eigenvalue weighted by atomic mass is 35.5. The summed E-state index contributed by atoms with van der Waals surface area (Å²) in [7, 11) is 0. The Morgan fingerprint density at radius 2 is 2.06 bits per heavy atom. The van der Waals surface area contributed by atoms with Crippen LogP contribution in [0.4, 0.5) is 0 Å². The van der Waals surface area contributed by atoms with E-state index in [9.17, 15) is 0 Å². The third kappa shape index (κ3) is 3.16. The number of benzene rings is 1. The van der Waals surface area contributed by atoms with Crippen LogP contribution in [0.15, 0.2) is 34.9 Å². The third-order valence-corrected chi connectivity index (χ3v) is 2.74. The molecule has 2 N–H and O–H groups in total. The molecule has 0 unspecified atom stereocenters. The predicted octanol–water partition coefficient (Wildman–Crippen LogP) is 3.62. The lowest BCUT2D eigenvalue weighted by atomic mass is 10.3. The standard InChI is InChI=1S/C12H11Cl2NO2/c13-9-1-2-12(11(14)4-9)17-7-10-3-8(5-15)6-16-10/h1-4,6H,5,7,15H2. The third-order valence-electron chi connectivity index (χ3n) is 2.21. The Morgan fingerprint density at radius 1 is 1.24 bits per heavy atom. The number of nitrogens with two attached hydrogens (primary N) is 1. The Kier molecular flexibility index (Phi) is 3.94. The fourth-order valence-electron chi connectivity index (χ4n) is 1.35. The Labute approximate surface area is 109 Å². The van der Waals surface area contributed by atoms with Gasteiger partial charge >= 0.3 is 0 Å². The van der Waals surface area contributed by atoms with Crippen molar-refractivity contribution >= 4 is 23.2 Å². The van der Waals surface area contributed by atoms with Gasteiger partial charge in [0.2, 0.25) is 0 Å². The van der Waals surface area contributed by atoms with Gasteiger partial charge in [-0.05, 0) is 24.3 Å². The molecule has 5 heteroatoms. The summed E-state index contributed by atoms with van der Waals surface area (Å²) >= 11 is 11.8. The average Bonchev–Trinajstić information content (AvgIpc) is 2.76. The van der Waals surface area contributed by atoms with Gasteiger partial charge in [-0.15, -0.1) is 0 Å². The molecule has 0 radical (unpaired) electrons. The molecule has 0 saturated carbocycles. The van der Waals surface area contributed by atoms with Gasteiger partial charge in [-0.3, -0.25) is 0 Å². The largest absolute Gasteiger partial charge is 0.484 e. The molecule has 0 aliphatic heterocycles. The predicted molar refractivity (Wildman–Crippen MR) is 67.4 cm³/mol. The van der Waals surface area contributed by atoms with Gasteiger partial charge in [0.15, 0.2) is 0 Å². The molecule has 0 saturated heterocycles. The molecule has 0 aliphatic carbocycles. The topological polar surface area (TPSA) is 48.4 Å². The van der Waals surface area contributed by atoms with Crippen LogP contribution in [0.3, 0.4) is 0 Å². The summed E-state index contributed by atoms with van der Waals surface area (Å²) in [5.74, 6) is 1.28. The minimum atomic E-state index is 0.307. The van der Waals surface area contributed by atoms with E-state index in [1.807, 2.05) is 6.07 Å². The molecule has 3 nitrogen and oxygen atoms in total. The fraction of sp³-hybridized carbons (Fsp3) is 0.167. The van der Waals surface area contributed by atoms with Crippen LogP contribution >= 0.6 is 23.2 Å². The van der Waals surface area contributed by atoms with E-state index in [1.165, 1.54) is 0 Å². The van der Waals surface area contributed by atoms with Crippen molar-refractivity contribution in [3.05, 3.63) is 51.9 Å². The van der Waals surface area contributed by atoms with Crippen LogP contribution in [0, 0.1) is 0 Å².